The third-order valence-corrected chi connectivity index (χ3v) is 2.79. The number of halogens is 3. The number of pyridine rings is 1. The number of likely N-dealkylation sites (N-methyl/N-ethyl adjacent to an activating group) is 1. The van der Waals surface area contributed by atoms with Crippen LogP contribution in [0.15, 0.2) is 18.2 Å². The van der Waals surface area contributed by atoms with E-state index in [4.69, 9.17) is 0 Å². The second-order valence-electron chi connectivity index (χ2n) is 4.15. The van der Waals surface area contributed by atoms with Gasteiger partial charge in [0.05, 0.1) is 0 Å². The van der Waals surface area contributed by atoms with E-state index in [2.05, 4.69) is 10.3 Å². The highest BCUT2D eigenvalue weighted by Gasteiger charge is 2.33. The molecule has 2 heterocycles. The van der Waals surface area contributed by atoms with Gasteiger partial charge in [-0.15, -0.1) is 0 Å². The first kappa shape index (κ1) is 12.7. The van der Waals surface area contributed by atoms with Crippen molar-refractivity contribution in [2.24, 2.45) is 0 Å². The molecule has 0 saturated carbocycles. The van der Waals surface area contributed by atoms with E-state index in [1.54, 1.807) is 7.05 Å². The van der Waals surface area contributed by atoms with Crippen LogP contribution in [-0.2, 0) is 11.0 Å². The van der Waals surface area contributed by atoms with Gasteiger partial charge in [0.1, 0.15) is 17.6 Å². The van der Waals surface area contributed by atoms with Crippen molar-refractivity contribution in [2.75, 3.05) is 18.9 Å². The molecule has 18 heavy (non-hydrogen) atoms. The van der Waals surface area contributed by atoms with Crippen LogP contribution in [0, 0.1) is 0 Å². The maximum Gasteiger partial charge on any atom is 0.433 e. The number of hydrogen-bond acceptors (Lipinski definition) is 3. The van der Waals surface area contributed by atoms with Crippen molar-refractivity contribution in [1.82, 2.24) is 9.88 Å². The molecule has 0 spiro atoms. The molecule has 0 aliphatic carbocycles. The summed E-state index contributed by atoms with van der Waals surface area (Å²) in [5.41, 5.74) is -0.966. The minimum atomic E-state index is -4.48. The van der Waals surface area contributed by atoms with Gasteiger partial charge in [-0.05, 0) is 18.6 Å². The minimum Gasteiger partial charge on any atom is -0.358 e. The topological polar surface area (TPSA) is 45.2 Å². The van der Waals surface area contributed by atoms with Crippen LogP contribution in [0.3, 0.4) is 0 Å². The van der Waals surface area contributed by atoms with Gasteiger partial charge in [0.2, 0.25) is 5.91 Å². The van der Waals surface area contributed by atoms with E-state index in [1.807, 2.05) is 0 Å². The number of aromatic nitrogens is 1. The first-order valence-corrected chi connectivity index (χ1v) is 5.43. The highest BCUT2D eigenvalue weighted by Crippen LogP contribution is 2.28. The Labute approximate surface area is 102 Å². The molecule has 1 saturated heterocycles. The number of alkyl halides is 3. The lowest BCUT2D eigenvalue weighted by Crippen LogP contribution is -2.31. The number of nitrogens with one attached hydrogen (secondary N) is 1. The average Bonchev–Trinajstić information content (AvgIpc) is 2.60. The molecule has 1 aromatic heterocycles. The normalized spacial score (nSPS) is 20.3. The minimum absolute atomic E-state index is 0.0680. The fourth-order valence-electron chi connectivity index (χ4n) is 1.81. The largest absolute Gasteiger partial charge is 0.433 e. The van der Waals surface area contributed by atoms with E-state index in [0.29, 0.717) is 13.0 Å². The lowest BCUT2D eigenvalue weighted by molar-refractivity contribution is -0.141. The van der Waals surface area contributed by atoms with Crippen molar-refractivity contribution < 1.29 is 18.0 Å². The number of carbonyl (C=O) groups excluding carboxylic acids is 1. The standard InChI is InChI=1S/C11H12F3N3O/c1-17-6-5-7(10(17)18)15-9-4-2-3-8(16-9)11(12,13)14/h2-4,7H,5-6H2,1H3,(H,15,16). The van der Waals surface area contributed by atoms with Crippen LogP contribution in [0.25, 0.3) is 0 Å². The van der Waals surface area contributed by atoms with Crippen LogP contribution in [0.4, 0.5) is 19.0 Å². The number of nitrogens with zero attached hydrogens (tertiary/aromatic N) is 2. The van der Waals surface area contributed by atoms with E-state index in [9.17, 15) is 18.0 Å². The molecule has 98 valence electrons. The maximum atomic E-state index is 12.5. The fourth-order valence-corrected chi connectivity index (χ4v) is 1.81. The third-order valence-electron chi connectivity index (χ3n) is 2.79. The monoisotopic (exact) mass is 259 g/mol. The molecular weight excluding hydrogens is 247 g/mol. The van der Waals surface area contributed by atoms with Gasteiger partial charge in [0, 0.05) is 13.6 Å². The average molecular weight is 259 g/mol. The second kappa shape index (κ2) is 4.47. The van der Waals surface area contributed by atoms with Crippen molar-refractivity contribution in [2.45, 2.75) is 18.6 Å². The van der Waals surface area contributed by atoms with Crippen LogP contribution >= 0.6 is 0 Å². The zero-order valence-electron chi connectivity index (χ0n) is 9.66. The van der Waals surface area contributed by atoms with Gasteiger partial charge in [-0.2, -0.15) is 13.2 Å². The molecule has 2 rings (SSSR count). The van der Waals surface area contributed by atoms with Crippen molar-refractivity contribution >= 4 is 11.7 Å². The van der Waals surface area contributed by atoms with Crippen molar-refractivity contribution in [3.8, 4) is 0 Å². The zero-order chi connectivity index (χ0) is 13.3. The Hall–Kier alpha value is -1.79. The molecule has 1 aromatic rings. The van der Waals surface area contributed by atoms with Gasteiger partial charge < -0.3 is 10.2 Å². The Bertz CT molecular complexity index is 461. The summed E-state index contributed by atoms with van der Waals surface area (Å²) in [4.78, 5) is 16.6. The number of hydrogen-bond donors (Lipinski definition) is 1. The Morgan fingerprint density at radius 3 is 2.72 bits per heavy atom. The lowest BCUT2D eigenvalue weighted by Gasteiger charge is -2.14. The van der Waals surface area contributed by atoms with Crippen LogP contribution in [-0.4, -0.2) is 35.4 Å². The fraction of sp³-hybridized carbons (Fsp3) is 0.455. The number of amides is 1. The molecule has 1 N–H and O–H groups in total. The van der Waals surface area contributed by atoms with E-state index in [-0.39, 0.29) is 11.7 Å². The number of anilines is 1. The summed E-state index contributed by atoms with van der Waals surface area (Å²) >= 11 is 0. The molecule has 1 fully saturated rings. The van der Waals surface area contributed by atoms with Gasteiger partial charge in [0.25, 0.3) is 0 Å². The molecule has 0 bridgehead atoms. The molecule has 1 amide bonds. The molecule has 1 aliphatic rings. The van der Waals surface area contributed by atoms with E-state index in [0.717, 1.165) is 6.07 Å². The Balaban J connectivity index is 2.13. The molecule has 0 aromatic carbocycles. The third kappa shape index (κ3) is 2.55. The molecule has 1 unspecified atom stereocenters. The molecule has 7 heteroatoms. The lowest BCUT2D eigenvalue weighted by atomic mass is 10.2. The summed E-state index contributed by atoms with van der Waals surface area (Å²) in [5, 5.41) is 2.73. The maximum absolute atomic E-state index is 12.5. The van der Waals surface area contributed by atoms with Gasteiger partial charge in [0.15, 0.2) is 0 Å². The molecule has 1 aliphatic heterocycles. The van der Waals surface area contributed by atoms with Crippen LogP contribution in [0.5, 0.6) is 0 Å². The summed E-state index contributed by atoms with van der Waals surface area (Å²) in [6.07, 6.45) is -3.92. The first-order valence-electron chi connectivity index (χ1n) is 5.43. The number of carbonyl (C=O) groups is 1. The Kier molecular flexibility index (Phi) is 3.14. The first-order chi connectivity index (χ1) is 8.38. The summed E-state index contributed by atoms with van der Waals surface area (Å²) in [7, 11) is 1.66. The van der Waals surface area contributed by atoms with E-state index >= 15 is 0 Å². The van der Waals surface area contributed by atoms with Crippen LogP contribution in [0.1, 0.15) is 12.1 Å². The molecule has 4 nitrogen and oxygen atoms in total. The summed E-state index contributed by atoms with van der Waals surface area (Å²) in [6, 6.07) is 3.08. The number of likely N-dealkylation sites (tertiary alicyclic amines) is 1. The highest BCUT2D eigenvalue weighted by atomic mass is 19.4. The van der Waals surface area contributed by atoms with Gasteiger partial charge in [-0.3, -0.25) is 4.79 Å². The number of rotatable bonds is 2. The van der Waals surface area contributed by atoms with Crippen LogP contribution in [0.2, 0.25) is 0 Å². The quantitative estimate of drug-likeness (QED) is 0.880. The van der Waals surface area contributed by atoms with Crippen molar-refractivity contribution in [3.05, 3.63) is 23.9 Å². The molecule has 1 atom stereocenters. The van der Waals surface area contributed by atoms with E-state index in [1.165, 1.54) is 17.0 Å². The van der Waals surface area contributed by atoms with Crippen LogP contribution < -0.4 is 5.32 Å². The second-order valence-corrected chi connectivity index (χ2v) is 4.15. The summed E-state index contributed by atoms with van der Waals surface area (Å²) in [5.74, 6) is -0.0623. The predicted molar refractivity (Wildman–Crippen MR) is 58.9 cm³/mol. The van der Waals surface area contributed by atoms with Crippen molar-refractivity contribution in [1.29, 1.82) is 0 Å². The van der Waals surface area contributed by atoms with Gasteiger partial charge in [-0.25, -0.2) is 4.98 Å². The van der Waals surface area contributed by atoms with Gasteiger partial charge >= 0.3 is 6.18 Å². The van der Waals surface area contributed by atoms with Gasteiger partial charge in [-0.1, -0.05) is 6.07 Å². The van der Waals surface area contributed by atoms with E-state index < -0.39 is 17.9 Å². The van der Waals surface area contributed by atoms with Crippen molar-refractivity contribution in [3.63, 3.8) is 0 Å². The SMILES string of the molecule is CN1CCC(Nc2cccc(C(F)(F)F)n2)C1=O. The summed E-state index contributed by atoms with van der Waals surface area (Å²) < 4.78 is 37.4. The predicted octanol–water partition coefficient (Wildman–Crippen LogP) is 1.74. The Morgan fingerprint density at radius 2 is 2.17 bits per heavy atom. The zero-order valence-corrected chi connectivity index (χ0v) is 9.66. The highest BCUT2D eigenvalue weighted by molar-refractivity contribution is 5.86. The Morgan fingerprint density at radius 1 is 1.44 bits per heavy atom. The summed E-state index contributed by atoms with van der Waals surface area (Å²) in [6.45, 7) is 0.593. The molecule has 0 radical (unpaired) electrons. The smallest absolute Gasteiger partial charge is 0.358 e. The molecular formula is C11H12F3N3O.